The lowest BCUT2D eigenvalue weighted by Gasteiger charge is -2.14. The van der Waals surface area contributed by atoms with Gasteiger partial charge in [-0.1, -0.05) is 0 Å². The monoisotopic (exact) mass is 274 g/mol. The van der Waals surface area contributed by atoms with E-state index < -0.39 is 11.0 Å². The van der Waals surface area contributed by atoms with Crippen LogP contribution < -0.4 is 4.74 Å². The van der Waals surface area contributed by atoms with E-state index in [0.717, 1.165) is 5.56 Å². The molecule has 6 nitrogen and oxygen atoms in total. The lowest BCUT2D eigenvalue weighted by Crippen LogP contribution is -2.05. The van der Waals surface area contributed by atoms with Crippen molar-refractivity contribution in [1.82, 2.24) is 4.98 Å². The number of nitrogens with zero attached hydrogens (tertiary/aromatic N) is 2. The second kappa shape index (κ2) is 5.66. The summed E-state index contributed by atoms with van der Waals surface area (Å²) < 4.78 is 5.12. The Balaban J connectivity index is 2.44. The lowest BCUT2D eigenvalue weighted by atomic mass is 10.0. The first-order valence-electron chi connectivity index (χ1n) is 5.96. The minimum atomic E-state index is -0.995. The molecule has 0 saturated heterocycles. The van der Waals surface area contributed by atoms with Gasteiger partial charge in [-0.05, 0) is 30.7 Å². The number of hydrogen-bond donors (Lipinski definition) is 1. The van der Waals surface area contributed by atoms with Crippen LogP contribution in [0, 0.1) is 17.0 Å². The van der Waals surface area contributed by atoms with Crippen LogP contribution in [-0.4, -0.2) is 22.1 Å². The summed E-state index contributed by atoms with van der Waals surface area (Å²) in [6, 6.07) is 7.67. The van der Waals surface area contributed by atoms with Gasteiger partial charge in [-0.25, -0.2) is 0 Å². The van der Waals surface area contributed by atoms with Gasteiger partial charge in [-0.3, -0.25) is 15.1 Å². The van der Waals surface area contributed by atoms with Crippen molar-refractivity contribution in [3.05, 3.63) is 63.5 Å². The first-order chi connectivity index (χ1) is 9.52. The second-order valence-corrected chi connectivity index (χ2v) is 4.34. The Morgan fingerprint density at radius 2 is 2.10 bits per heavy atom. The van der Waals surface area contributed by atoms with Crippen LogP contribution in [0.2, 0.25) is 0 Å². The maximum absolute atomic E-state index is 10.7. The van der Waals surface area contributed by atoms with Gasteiger partial charge in [0, 0.05) is 17.8 Å². The van der Waals surface area contributed by atoms with Gasteiger partial charge in [0.2, 0.25) is 0 Å². The third-order valence-corrected chi connectivity index (χ3v) is 2.94. The number of nitro benzene ring substituents is 1. The molecule has 1 heterocycles. The highest BCUT2D eigenvalue weighted by molar-refractivity contribution is 5.47. The van der Waals surface area contributed by atoms with Crippen molar-refractivity contribution in [2.45, 2.75) is 13.0 Å². The van der Waals surface area contributed by atoms with Gasteiger partial charge in [0.1, 0.15) is 11.9 Å². The average molecular weight is 274 g/mol. The number of ether oxygens (including phenoxy) is 1. The Hall–Kier alpha value is -2.47. The molecule has 1 aromatic heterocycles. The van der Waals surface area contributed by atoms with Crippen molar-refractivity contribution in [2.75, 3.05) is 7.11 Å². The number of benzene rings is 1. The molecule has 2 aromatic rings. The molecule has 6 heteroatoms. The molecule has 1 N–H and O–H groups in total. The van der Waals surface area contributed by atoms with Crippen molar-refractivity contribution in [3.63, 3.8) is 0 Å². The van der Waals surface area contributed by atoms with Crippen molar-refractivity contribution < 1.29 is 14.8 Å². The van der Waals surface area contributed by atoms with Gasteiger partial charge in [-0.2, -0.15) is 0 Å². The summed E-state index contributed by atoms with van der Waals surface area (Å²) >= 11 is 0. The van der Waals surface area contributed by atoms with Crippen LogP contribution in [0.1, 0.15) is 22.9 Å². The van der Waals surface area contributed by atoms with Gasteiger partial charge in [0.05, 0.1) is 23.8 Å². The zero-order valence-electron chi connectivity index (χ0n) is 11.1. The van der Waals surface area contributed by atoms with E-state index in [1.165, 1.54) is 25.3 Å². The van der Waals surface area contributed by atoms with E-state index in [1.54, 1.807) is 12.3 Å². The molecule has 2 rings (SSSR count). The fourth-order valence-corrected chi connectivity index (χ4v) is 1.91. The van der Waals surface area contributed by atoms with E-state index in [2.05, 4.69) is 4.98 Å². The van der Waals surface area contributed by atoms with Crippen molar-refractivity contribution >= 4 is 5.69 Å². The second-order valence-electron chi connectivity index (χ2n) is 4.34. The SMILES string of the molecule is COc1cc([N+](=O)[O-])ccc1C(O)c1cc(C)ccn1. The van der Waals surface area contributed by atoms with Crippen LogP contribution in [0.5, 0.6) is 5.75 Å². The molecule has 0 aliphatic heterocycles. The molecule has 0 aliphatic rings. The summed E-state index contributed by atoms with van der Waals surface area (Å²) in [6.07, 6.45) is 0.608. The van der Waals surface area contributed by atoms with Crippen LogP contribution in [0.3, 0.4) is 0 Å². The Morgan fingerprint density at radius 1 is 1.35 bits per heavy atom. The summed E-state index contributed by atoms with van der Waals surface area (Å²) in [7, 11) is 1.40. The normalized spacial score (nSPS) is 11.9. The molecule has 1 aromatic carbocycles. The fourth-order valence-electron chi connectivity index (χ4n) is 1.91. The highest BCUT2D eigenvalue weighted by Crippen LogP contribution is 2.32. The summed E-state index contributed by atoms with van der Waals surface area (Å²) in [5, 5.41) is 21.1. The zero-order chi connectivity index (χ0) is 14.7. The fraction of sp³-hybridized carbons (Fsp3) is 0.214. The number of nitro groups is 1. The van der Waals surface area contributed by atoms with E-state index in [9.17, 15) is 15.2 Å². The van der Waals surface area contributed by atoms with E-state index in [4.69, 9.17) is 4.74 Å². The molecular formula is C14H14N2O4. The minimum Gasteiger partial charge on any atom is -0.496 e. The maximum Gasteiger partial charge on any atom is 0.273 e. The topological polar surface area (TPSA) is 85.5 Å². The van der Waals surface area contributed by atoms with Crippen molar-refractivity contribution in [2.24, 2.45) is 0 Å². The molecule has 0 saturated carbocycles. The number of aliphatic hydroxyl groups is 1. The van der Waals surface area contributed by atoms with Gasteiger partial charge in [0.25, 0.3) is 5.69 Å². The van der Waals surface area contributed by atoms with Crippen LogP contribution in [0.15, 0.2) is 36.5 Å². The molecule has 104 valence electrons. The molecule has 1 unspecified atom stereocenters. The number of non-ortho nitro benzene ring substituents is 1. The van der Waals surface area contributed by atoms with Crippen LogP contribution in [-0.2, 0) is 0 Å². The van der Waals surface area contributed by atoms with E-state index in [1.807, 2.05) is 13.0 Å². The van der Waals surface area contributed by atoms with Gasteiger partial charge in [-0.15, -0.1) is 0 Å². The average Bonchev–Trinajstić information content (AvgIpc) is 2.45. The quantitative estimate of drug-likeness (QED) is 0.683. The third kappa shape index (κ3) is 2.75. The molecule has 1 atom stereocenters. The Labute approximate surface area is 115 Å². The maximum atomic E-state index is 10.7. The van der Waals surface area contributed by atoms with E-state index in [-0.39, 0.29) is 11.4 Å². The Morgan fingerprint density at radius 3 is 2.70 bits per heavy atom. The number of rotatable bonds is 4. The molecule has 0 bridgehead atoms. The van der Waals surface area contributed by atoms with Gasteiger partial charge < -0.3 is 9.84 Å². The first kappa shape index (κ1) is 14.0. The largest absolute Gasteiger partial charge is 0.496 e. The van der Waals surface area contributed by atoms with Crippen molar-refractivity contribution in [1.29, 1.82) is 0 Å². The minimum absolute atomic E-state index is 0.0880. The van der Waals surface area contributed by atoms with Crippen LogP contribution in [0.4, 0.5) is 5.69 Å². The Bertz CT molecular complexity index is 643. The summed E-state index contributed by atoms with van der Waals surface area (Å²) in [4.78, 5) is 14.3. The summed E-state index contributed by atoms with van der Waals surface area (Å²) in [5.74, 6) is 0.259. The third-order valence-electron chi connectivity index (χ3n) is 2.94. The molecule has 0 aliphatic carbocycles. The first-order valence-corrected chi connectivity index (χ1v) is 5.96. The molecule has 0 fully saturated rings. The summed E-state index contributed by atoms with van der Waals surface area (Å²) in [6.45, 7) is 1.89. The number of methoxy groups -OCH3 is 1. The summed E-state index contributed by atoms with van der Waals surface area (Å²) in [5.41, 5.74) is 1.79. The number of aliphatic hydroxyl groups excluding tert-OH is 1. The zero-order valence-corrected chi connectivity index (χ0v) is 11.1. The number of pyridine rings is 1. The Kier molecular flexibility index (Phi) is 3.95. The van der Waals surface area contributed by atoms with Crippen LogP contribution >= 0.6 is 0 Å². The molecular weight excluding hydrogens is 260 g/mol. The number of aromatic nitrogens is 1. The predicted octanol–water partition coefficient (Wildman–Crippen LogP) is 2.39. The standard InChI is InChI=1S/C14H14N2O4/c1-9-5-6-15-12(7-9)14(17)11-4-3-10(16(18)19)8-13(11)20-2/h3-8,14,17H,1-2H3. The highest BCUT2D eigenvalue weighted by atomic mass is 16.6. The van der Waals surface area contributed by atoms with Crippen LogP contribution in [0.25, 0.3) is 0 Å². The number of hydrogen-bond acceptors (Lipinski definition) is 5. The molecule has 0 radical (unpaired) electrons. The molecule has 20 heavy (non-hydrogen) atoms. The van der Waals surface area contributed by atoms with E-state index in [0.29, 0.717) is 11.3 Å². The molecule has 0 spiro atoms. The predicted molar refractivity (Wildman–Crippen MR) is 72.7 cm³/mol. The van der Waals surface area contributed by atoms with E-state index >= 15 is 0 Å². The van der Waals surface area contributed by atoms with Crippen molar-refractivity contribution in [3.8, 4) is 5.75 Å². The van der Waals surface area contributed by atoms with Gasteiger partial charge >= 0.3 is 0 Å². The number of aryl methyl sites for hydroxylation is 1. The highest BCUT2D eigenvalue weighted by Gasteiger charge is 2.19. The van der Waals surface area contributed by atoms with Gasteiger partial charge in [0.15, 0.2) is 0 Å². The smallest absolute Gasteiger partial charge is 0.273 e. The molecule has 0 amide bonds. The lowest BCUT2D eigenvalue weighted by molar-refractivity contribution is -0.384.